The van der Waals surface area contributed by atoms with Crippen LogP contribution in [0.1, 0.15) is 44.1 Å². The number of ether oxygens (including phenoxy) is 2. The predicted molar refractivity (Wildman–Crippen MR) is 100 cm³/mol. The average Bonchev–Trinajstić information content (AvgIpc) is 3.19. The third-order valence-corrected chi connectivity index (χ3v) is 5.33. The molecule has 3 rings (SSSR count). The molecule has 1 aromatic rings. The minimum absolute atomic E-state index is 0.227. The van der Waals surface area contributed by atoms with Crippen LogP contribution in [0.4, 0.5) is 4.79 Å². The van der Waals surface area contributed by atoms with E-state index >= 15 is 0 Å². The van der Waals surface area contributed by atoms with Crippen LogP contribution in [0.15, 0.2) is 18.2 Å². The number of hydrogen-bond donors (Lipinski definition) is 2. The van der Waals surface area contributed by atoms with Gasteiger partial charge in [-0.1, -0.05) is 6.07 Å². The lowest BCUT2D eigenvalue weighted by Gasteiger charge is -2.30. The van der Waals surface area contributed by atoms with Crippen molar-refractivity contribution in [2.45, 2.75) is 51.2 Å². The van der Waals surface area contributed by atoms with E-state index in [2.05, 4.69) is 5.32 Å². The summed E-state index contributed by atoms with van der Waals surface area (Å²) in [7, 11) is 1.62. The van der Waals surface area contributed by atoms with Crippen molar-refractivity contribution in [2.24, 2.45) is 5.92 Å². The fourth-order valence-corrected chi connectivity index (χ4v) is 3.76. The van der Waals surface area contributed by atoms with Gasteiger partial charge in [0.1, 0.15) is 0 Å². The summed E-state index contributed by atoms with van der Waals surface area (Å²) < 4.78 is 11.5. The zero-order valence-electron chi connectivity index (χ0n) is 15.8. The van der Waals surface area contributed by atoms with Crippen LogP contribution in [0.5, 0.6) is 11.5 Å². The first kappa shape index (κ1) is 19.3. The van der Waals surface area contributed by atoms with E-state index in [4.69, 9.17) is 14.6 Å². The fraction of sp³-hybridized carbons (Fsp3) is 0.600. The van der Waals surface area contributed by atoms with Crippen molar-refractivity contribution in [3.05, 3.63) is 23.8 Å². The Morgan fingerprint density at radius 1 is 1.19 bits per heavy atom. The highest BCUT2D eigenvalue weighted by Crippen LogP contribution is 2.32. The number of benzene rings is 1. The lowest BCUT2D eigenvalue weighted by atomic mass is 9.99. The van der Waals surface area contributed by atoms with Gasteiger partial charge >= 0.3 is 12.0 Å². The molecule has 0 spiro atoms. The molecule has 0 radical (unpaired) electrons. The van der Waals surface area contributed by atoms with Crippen LogP contribution in [0.3, 0.4) is 0 Å². The standard InChI is InChI=1S/C20H28N2O5/c1-26-17-9-8-14(11-18(17)27-16-6-2-3-7-16)12-21-20(25)22-10-4-5-15(13-22)19(23)24/h8-9,11,15-16H,2-7,10,12-13H2,1H3,(H,21,25)(H,23,24). The quantitative estimate of drug-likeness (QED) is 0.797. The van der Waals surface area contributed by atoms with E-state index in [0.717, 1.165) is 18.4 Å². The topological polar surface area (TPSA) is 88.1 Å². The molecule has 1 unspecified atom stereocenters. The summed E-state index contributed by atoms with van der Waals surface area (Å²) in [5.74, 6) is 0.0885. The zero-order valence-corrected chi connectivity index (χ0v) is 15.8. The van der Waals surface area contributed by atoms with Crippen LogP contribution >= 0.6 is 0 Å². The number of aliphatic carboxylic acids is 1. The Morgan fingerprint density at radius 3 is 2.67 bits per heavy atom. The van der Waals surface area contributed by atoms with Crippen LogP contribution in [0.25, 0.3) is 0 Å². The minimum Gasteiger partial charge on any atom is -0.493 e. The predicted octanol–water partition coefficient (Wildman–Crippen LogP) is 3.02. The number of amides is 2. The zero-order chi connectivity index (χ0) is 19.2. The first-order valence-corrected chi connectivity index (χ1v) is 9.66. The number of carboxylic acid groups (broad SMARTS) is 1. The highest BCUT2D eigenvalue weighted by molar-refractivity contribution is 5.76. The number of likely N-dealkylation sites (tertiary alicyclic amines) is 1. The molecule has 1 aliphatic carbocycles. The molecule has 7 nitrogen and oxygen atoms in total. The van der Waals surface area contributed by atoms with Crippen LogP contribution in [-0.4, -0.2) is 48.3 Å². The van der Waals surface area contributed by atoms with Gasteiger partial charge in [0, 0.05) is 19.6 Å². The Balaban J connectivity index is 1.58. The van der Waals surface area contributed by atoms with Crippen LogP contribution in [0.2, 0.25) is 0 Å². The normalized spacial score (nSPS) is 20.3. The van der Waals surface area contributed by atoms with Crippen molar-refractivity contribution < 1.29 is 24.2 Å². The lowest BCUT2D eigenvalue weighted by molar-refractivity contribution is -0.143. The van der Waals surface area contributed by atoms with Crippen LogP contribution in [-0.2, 0) is 11.3 Å². The maximum absolute atomic E-state index is 12.4. The molecule has 2 amide bonds. The Bertz CT molecular complexity index is 672. The van der Waals surface area contributed by atoms with Crippen molar-refractivity contribution in [3.63, 3.8) is 0 Å². The molecule has 0 aromatic heterocycles. The highest BCUT2D eigenvalue weighted by atomic mass is 16.5. The molecule has 7 heteroatoms. The number of urea groups is 1. The lowest BCUT2D eigenvalue weighted by Crippen LogP contribution is -2.46. The summed E-state index contributed by atoms with van der Waals surface area (Å²) >= 11 is 0. The van der Waals surface area contributed by atoms with E-state index in [1.807, 2.05) is 18.2 Å². The van der Waals surface area contributed by atoms with Gasteiger partial charge in [-0.2, -0.15) is 0 Å². The summed E-state index contributed by atoms with van der Waals surface area (Å²) in [6.07, 6.45) is 6.07. The third kappa shape index (κ3) is 5.05. The summed E-state index contributed by atoms with van der Waals surface area (Å²) in [5.41, 5.74) is 0.920. The number of carboxylic acids is 1. The van der Waals surface area contributed by atoms with Gasteiger partial charge in [-0.3, -0.25) is 4.79 Å². The molecule has 1 heterocycles. The van der Waals surface area contributed by atoms with E-state index in [9.17, 15) is 9.59 Å². The molecule has 2 aliphatic rings. The molecule has 1 saturated heterocycles. The Morgan fingerprint density at radius 2 is 1.96 bits per heavy atom. The summed E-state index contributed by atoms with van der Waals surface area (Å²) in [4.78, 5) is 25.1. The van der Waals surface area contributed by atoms with E-state index in [1.165, 1.54) is 12.8 Å². The minimum atomic E-state index is -0.837. The van der Waals surface area contributed by atoms with Gasteiger partial charge in [-0.15, -0.1) is 0 Å². The van der Waals surface area contributed by atoms with Gasteiger partial charge in [0.05, 0.1) is 19.1 Å². The molecule has 2 fully saturated rings. The van der Waals surface area contributed by atoms with Crippen molar-refractivity contribution >= 4 is 12.0 Å². The molecule has 1 atom stereocenters. The van der Waals surface area contributed by atoms with Gasteiger partial charge in [-0.25, -0.2) is 4.79 Å². The van der Waals surface area contributed by atoms with Crippen molar-refractivity contribution in [3.8, 4) is 11.5 Å². The second kappa shape index (κ2) is 8.97. The van der Waals surface area contributed by atoms with Crippen molar-refractivity contribution in [2.75, 3.05) is 20.2 Å². The largest absolute Gasteiger partial charge is 0.493 e. The van der Waals surface area contributed by atoms with Gasteiger partial charge in [0.15, 0.2) is 11.5 Å². The van der Waals surface area contributed by atoms with Crippen molar-refractivity contribution in [1.82, 2.24) is 10.2 Å². The molecule has 27 heavy (non-hydrogen) atoms. The van der Waals surface area contributed by atoms with Gasteiger partial charge in [-0.05, 0) is 56.2 Å². The number of methoxy groups -OCH3 is 1. The van der Waals surface area contributed by atoms with Gasteiger partial charge in [0.25, 0.3) is 0 Å². The number of carbonyl (C=O) groups is 2. The number of carbonyl (C=O) groups excluding carboxylic acids is 1. The smallest absolute Gasteiger partial charge is 0.317 e. The van der Waals surface area contributed by atoms with E-state index in [0.29, 0.717) is 37.4 Å². The Kier molecular flexibility index (Phi) is 6.42. The molecular weight excluding hydrogens is 348 g/mol. The number of nitrogens with zero attached hydrogens (tertiary/aromatic N) is 1. The molecule has 0 bridgehead atoms. The summed E-state index contributed by atoms with van der Waals surface area (Å²) in [6.45, 7) is 1.21. The number of rotatable bonds is 6. The summed E-state index contributed by atoms with van der Waals surface area (Å²) in [5, 5.41) is 12.0. The van der Waals surface area contributed by atoms with E-state index < -0.39 is 11.9 Å². The van der Waals surface area contributed by atoms with Crippen molar-refractivity contribution in [1.29, 1.82) is 0 Å². The number of hydrogen-bond acceptors (Lipinski definition) is 4. The van der Waals surface area contributed by atoms with E-state index in [1.54, 1.807) is 12.0 Å². The van der Waals surface area contributed by atoms with Gasteiger partial charge in [0.2, 0.25) is 0 Å². The van der Waals surface area contributed by atoms with E-state index in [-0.39, 0.29) is 18.7 Å². The molecule has 1 aliphatic heterocycles. The molecule has 1 aromatic carbocycles. The SMILES string of the molecule is COc1ccc(CNC(=O)N2CCCC(C(=O)O)C2)cc1OC1CCCC1. The Hall–Kier alpha value is -2.44. The average molecular weight is 376 g/mol. The third-order valence-electron chi connectivity index (χ3n) is 5.33. The summed E-state index contributed by atoms with van der Waals surface area (Å²) in [6, 6.07) is 5.44. The first-order chi connectivity index (χ1) is 13.1. The Labute approximate surface area is 159 Å². The molecule has 148 valence electrons. The van der Waals surface area contributed by atoms with Crippen LogP contribution in [0, 0.1) is 5.92 Å². The van der Waals surface area contributed by atoms with Gasteiger partial charge < -0.3 is 24.8 Å². The highest BCUT2D eigenvalue weighted by Gasteiger charge is 2.28. The molecule has 1 saturated carbocycles. The second-order valence-electron chi connectivity index (χ2n) is 7.29. The van der Waals surface area contributed by atoms with Crippen LogP contribution < -0.4 is 14.8 Å². The maximum Gasteiger partial charge on any atom is 0.317 e. The molecule has 2 N–H and O–H groups in total. The first-order valence-electron chi connectivity index (χ1n) is 9.66. The number of nitrogens with one attached hydrogen (secondary N) is 1. The molecular formula is C20H28N2O5. The monoisotopic (exact) mass is 376 g/mol. The maximum atomic E-state index is 12.4. The number of piperidine rings is 1. The fourth-order valence-electron chi connectivity index (χ4n) is 3.76. The second-order valence-corrected chi connectivity index (χ2v) is 7.29.